The van der Waals surface area contributed by atoms with E-state index >= 15 is 0 Å². The molecule has 0 saturated carbocycles. The molecule has 12 heteroatoms. The van der Waals surface area contributed by atoms with Crippen molar-refractivity contribution in [3.8, 4) is 5.75 Å². The van der Waals surface area contributed by atoms with Crippen LogP contribution in [0.5, 0.6) is 5.75 Å². The number of aryl methyl sites for hydroxylation is 1. The average molecular weight is 643 g/mol. The number of hydrogen-bond donors (Lipinski definition) is 2. The zero-order valence-electron chi connectivity index (χ0n) is 27.4. The second-order valence-corrected chi connectivity index (χ2v) is 11.7. The standard InChI is InChI=1S/C35H42N6O6/c1-24(2)22-46-29-18-11-16-26-32(29)40(5)30(36-26)21-41-20-12-17-28(34(41)44)37-33(43)27(15-9-10-19-31(42)39(3)4)38-35(45)47-23-25-13-7-6-8-14-25/h6-8,10-14,16-20,24,27H,9,15,21-23H2,1-5H3,(H,37,43)(H,38,45)/b19-10+/t27-/m0/s1. The molecule has 12 nitrogen and oxygen atoms in total. The normalized spacial score (nSPS) is 11.9. The first-order valence-electron chi connectivity index (χ1n) is 15.5. The molecular weight excluding hydrogens is 600 g/mol. The number of carbonyl (C=O) groups excluding carboxylic acids is 3. The number of anilines is 1. The van der Waals surface area contributed by atoms with Crippen molar-refractivity contribution in [2.24, 2.45) is 13.0 Å². The summed E-state index contributed by atoms with van der Waals surface area (Å²) in [5, 5.41) is 5.27. The molecule has 248 valence electrons. The third-order valence-corrected chi connectivity index (χ3v) is 7.26. The van der Waals surface area contributed by atoms with E-state index in [1.54, 1.807) is 32.4 Å². The summed E-state index contributed by atoms with van der Waals surface area (Å²) in [6, 6.07) is 16.9. The van der Waals surface area contributed by atoms with E-state index in [-0.39, 0.29) is 31.2 Å². The monoisotopic (exact) mass is 642 g/mol. The highest BCUT2D eigenvalue weighted by Gasteiger charge is 2.23. The van der Waals surface area contributed by atoms with Crippen molar-refractivity contribution in [2.75, 3.05) is 26.0 Å². The number of fused-ring (bicyclic) bond motifs is 1. The summed E-state index contributed by atoms with van der Waals surface area (Å²) in [5.41, 5.74) is 1.97. The second kappa shape index (κ2) is 16.3. The van der Waals surface area contributed by atoms with Crippen molar-refractivity contribution in [3.63, 3.8) is 0 Å². The number of rotatable bonds is 14. The third-order valence-electron chi connectivity index (χ3n) is 7.26. The molecule has 0 unspecified atom stereocenters. The lowest BCUT2D eigenvalue weighted by Crippen LogP contribution is -2.44. The Bertz CT molecular complexity index is 1780. The van der Waals surface area contributed by atoms with Gasteiger partial charge in [-0.25, -0.2) is 9.78 Å². The maximum absolute atomic E-state index is 13.5. The number of para-hydroxylation sites is 1. The lowest BCUT2D eigenvalue weighted by atomic mass is 10.1. The van der Waals surface area contributed by atoms with Gasteiger partial charge in [0.05, 0.1) is 18.7 Å². The lowest BCUT2D eigenvalue weighted by molar-refractivity contribution is -0.123. The van der Waals surface area contributed by atoms with Crippen LogP contribution < -0.4 is 20.9 Å². The van der Waals surface area contributed by atoms with Gasteiger partial charge < -0.3 is 34.1 Å². The number of allylic oxidation sites excluding steroid dienone is 1. The maximum Gasteiger partial charge on any atom is 0.408 e. The predicted octanol–water partition coefficient (Wildman–Crippen LogP) is 4.48. The largest absolute Gasteiger partial charge is 0.491 e. The molecule has 2 aromatic heterocycles. The van der Waals surface area contributed by atoms with E-state index in [1.165, 1.54) is 21.6 Å². The van der Waals surface area contributed by atoms with E-state index in [0.717, 1.165) is 16.6 Å². The summed E-state index contributed by atoms with van der Waals surface area (Å²) in [6.07, 6.45) is 4.34. The summed E-state index contributed by atoms with van der Waals surface area (Å²) in [7, 11) is 5.14. The van der Waals surface area contributed by atoms with Gasteiger partial charge in [-0.1, -0.05) is 56.3 Å². The Labute approximate surface area is 274 Å². The van der Waals surface area contributed by atoms with E-state index in [0.29, 0.717) is 30.5 Å². The van der Waals surface area contributed by atoms with Gasteiger partial charge in [-0.3, -0.25) is 14.4 Å². The van der Waals surface area contributed by atoms with Crippen LogP contribution >= 0.6 is 0 Å². The fourth-order valence-electron chi connectivity index (χ4n) is 4.70. The molecule has 0 bridgehead atoms. The first kappa shape index (κ1) is 34.5. The van der Waals surface area contributed by atoms with Crippen LogP contribution in [0.3, 0.4) is 0 Å². The van der Waals surface area contributed by atoms with Crippen LogP contribution in [0, 0.1) is 5.92 Å². The van der Waals surface area contributed by atoms with Crippen LogP contribution in [0.1, 0.15) is 38.1 Å². The smallest absolute Gasteiger partial charge is 0.408 e. The van der Waals surface area contributed by atoms with Gasteiger partial charge in [0.25, 0.3) is 5.56 Å². The predicted molar refractivity (Wildman–Crippen MR) is 180 cm³/mol. The van der Waals surface area contributed by atoms with Crippen LogP contribution in [-0.4, -0.2) is 63.7 Å². The lowest BCUT2D eigenvalue weighted by Gasteiger charge is -2.18. The number of likely N-dealkylation sites (N-methyl/N-ethyl adjacent to an activating group) is 1. The molecule has 0 radical (unpaired) electrons. The van der Waals surface area contributed by atoms with Gasteiger partial charge in [0.15, 0.2) is 0 Å². The number of alkyl carbamates (subject to hydrolysis) is 1. The van der Waals surface area contributed by atoms with Crippen molar-refractivity contribution in [2.45, 2.75) is 45.9 Å². The van der Waals surface area contributed by atoms with Crippen molar-refractivity contribution in [3.05, 3.63) is 101 Å². The molecule has 1 atom stereocenters. The summed E-state index contributed by atoms with van der Waals surface area (Å²) in [6.45, 7) is 4.89. The molecular formula is C35H42N6O6. The summed E-state index contributed by atoms with van der Waals surface area (Å²) >= 11 is 0. The van der Waals surface area contributed by atoms with E-state index in [4.69, 9.17) is 14.5 Å². The van der Waals surface area contributed by atoms with Gasteiger partial charge in [-0.2, -0.15) is 0 Å². The van der Waals surface area contributed by atoms with E-state index in [1.807, 2.05) is 60.1 Å². The Balaban J connectivity index is 1.49. The highest BCUT2D eigenvalue weighted by atomic mass is 16.5. The molecule has 0 aliphatic carbocycles. The maximum atomic E-state index is 13.5. The molecule has 2 N–H and O–H groups in total. The Kier molecular flexibility index (Phi) is 11.9. The van der Waals surface area contributed by atoms with Crippen molar-refractivity contribution in [1.29, 1.82) is 0 Å². The Morgan fingerprint density at radius 3 is 2.51 bits per heavy atom. The third kappa shape index (κ3) is 9.55. The molecule has 0 spiro atoms. The molecule has 2 aromatic carbocycles. The topological polar surface area (TPSA) is 137 Å². The summed E-state index contributed by atoms with van der Waals surface area (Å²) in [5.74, 6) is 0.899. The molecule has 2 heterocycles. The molecule has 4 aromatic rings. The minimum absolute atomic E-state index is 0.0230. The Morgan fingerprint density at radius 2 is 1.79 bits per heavy atom. The van der Waals surface area contributed by atoms with E-state index < -0.39 is 23.6 Å². The number of imidazole rings is 1. The quantitative estimate of drug-likeness (QED) is 0.194. The number of carbonyl (C=O) groups is 3. The second-order valence-electron chi connectivity index (χ2n) is 11.7. The van der Waals surface area contributed by atoms with Gasteiger partial charge >= 0.3 is 6.09 Å². The number of benzene rings is 2. The molecule has 4 rings (SSSR count). The molecule has 0 fully saturated rings. The molecule has 3 amide bonds. The number of hydrogen-bond acceptors (Lipinski definition) is 7. The van der Waals surface area contributed by atoms with Crippen LogP contribution in [0.25, 0.3) is 11.0 Å². The van der Waals surface area contributed by atoms with Gasteiger partial charge in [-0.15, -0.1) is 0 Å². The number of nitrogens with zero attached hydrogens (tertiary/aromatic N) is 4. The van der Waals surface area contributed by atoms with E-state index in [9.17, 15) is 19.2 Å². The Hall–Kier alpha value is -5.39. The van der Waals surface area contributed by atoms with Crippen molar-refractivity contribution < 1.29 is 23.9 Å². The van der Waals surface area contributed by atoms with Crippen molar-refractivity contribution in [1.82, 2.24) is 24.3 Å². The SMILES string of the molecule is CC(C)COc1cccc2nc(Cn3cccc(NC(=O)[C@H](CC/C=C/C(=O)N(C)C)NC(=O)OCc4ccccc4)c3=O)n(C)c12. The fourth-order valence-corrected chi connectivity index (χ4v) is 4.70. The molecule has 0 aliphatic rings. The molecule has 0 saturated heterocycles. The molecule has 0 aliphatic heterocycles. The van der Waals surface area contributed by atoms with Crippen LogP contribution in [0.2, 0.25) is 0 Å². The highest BCUT2D eigenvalue weighted by molar-refractivity contribution is 5.96. The summed E-state index contributed by atoms with van der Waals surface area (Å²) < 4.78 is 14.7. The number of pyridine rings is 1. The zero-order valence-corrected chi connectivity index (χ0v) is 27.4. The van der Waals surface area contributed by atoms with Crippen LogP contribution in [0.4, 0.5) is 10.5 Å². The number of amides is 3. The molecule has 47 heavy (non-hydrogen) atoms. The first-order valence-corrected chi connectivity index (χ1v) is 15.5. The minimum Gasteiger partial charge on any atom is -0.491 e. The zero-order chi connectivity index (χ0) is 33.9. The van der Waals surface area contributed by atoms with Gasteiger partial charge in [-0.05, 0) is 54.7 Å². The van der Waals surface area contributed by atoms with Crippen molar-refractivity contribution >= 4 is 34.6 Å². The summed E-state index contributed by atoms with van der Waals surface area (Å²) in [4.78, 5) is 57.7. The number of aromatic nitrogens is 3. The highest BCUT2D eigenvalue weighted by Crippen LogP contribution is 2.26. The first-order chi connectivity index (χ1) is 22.5. The average Bonchev–Trinajstić information content (AvgIpc) is 3.37. The Morgan fingerprint density at radius 1 is 1.02 bits per heavy atom. The fraction of sp³-hybridized carbons (Fsp3) is 0.343. The van der Waals surface area contributed by atoms with Gasteiger partial charge in [0.2, 0.25) is 11.8 Å². The van der Waals surface area contributed by atoms with Crippen LogP contribution in [0.15, 0.2) is 83.8 Å². The van der Waals surface area contributed by atoms with Crippen LogP contribution in [-0.2, 0) is 34.5 Å². The minimum atomic E-state index is -1.05. The van der Waals surface area contributed by atoms with E-state index in [2.05, 4.69) is 24.5 Å². The number of ether oxygens (including phenoxy) is 2. The van der Waals surface area contributed by atoms with Gasteiger partial charge in [0, 0.05) is 27.3 Å². The van der Waals surface area contributed by atoms with Gasteiger partial charge in [0.1, 0.15) is 35.4 Å². The number of nitrogens with one attached hydrogen (secondary N) is 2.